The van der Waals surface area contributed by atoms with Crippen LogP contribution in [-0.2, 0) is 14.4 Å². The molecule has 0 aromatic rings. The van der Waals surface area contributed by atoms with Crippen molar-refractivity contribution in [2.75, 3.05) is 7.11 Å². The van der Waals surface area contributed by atoms with Crippen LogP contribution in [0.15, 0.2) is 0 Å². The second kappa shape index (κ2) is 4.00. The summed E-state index contributed by atoms with van der Waals surface area (Å²) >= 11 is 0. The van der Waals surface area contributed by atoms with Crippen LogP contribution in [0.1, 0.15) is 13.8 Å². The van der Waals surface area contributed by atoms with E-state index in [-0.39, 0.29) is 11.8 Å². The summed E-state index contributed by atoms with van der Waals surface area (Å²) in [5.74, 6) is -0.553. The summed E-state index contributed by atoms with van der Waals surface area (Å²) in [7, 11) is 1.27. The van der Waals surface area contributed by atoms with E-state index in [1.807, 2.05) is 0 Å². The van der Waals surface area contributed by atoms with E-state index in [1.165, 1.54) is 7.11 Å². The van der Waals surface area contributed by atoms with E-state index in [0.717, 1.165) is 0 Å². The number of nitrogens with zero attached hydrogens (tertiary/aromatic N) is 1. The Balaban J connectivity index is 4.02. The predicted molar refractivity (Wildman–Crippen MR) is 34.8 cm³/mol. The monoisotopic (exact) mass is 145 g/mol. The maximum absolute atomic E-state index is 10.9. The molecule has 0 atom stereocenters. The van der Waals surface area contributed by atoms with E-state index in [1.54, 1.807) is 13.8 Å². The number of imide groups is 1. The van der Waals surface area contributed by atoms with Gasteiger partial charge in [0.2, 0.25) is 6.41 Å². The van der Waals surface area contributed by atoms with Crippen LogP contribution in [0, 0.1) is 5.92 Å². The third-order valence-electron chi connectivity index (χ3n) is 1.00. The maximum atomic E-state index is 10.9. The Morgan fingerprint density at radius 1 is 1.60 bits per heavy atom. The molecule has 0 radical (unpaired) electrons. The first kappa shape index (κ1) is 9.10. The topological polar surface area (TPSA) is 46.6 Å². The van der Waals surface area contributed by atoms with E-state index in [4.69, 9.17) is 0 Å². The molecule has 0 bridgehead atoms. The van der Waals surface area contributed by atoms with Gasteiger partial charge in [0.25, 0.3) is 5.91 Å². The van der Waals surface area contributed by atoms with Crippen molar-refractivity contribution < 1.29 is 14.4 Å². The Hall–Kier alpha value is -0.900. The largest absolute Gasteiger partial charge is 0.276 e. The number of hydroxylamine groups is 2. The highest BCUT2D eigenvalue weighted by Crippen LogP contribution is 1.97. The van der Waals surface area contributed by atoms with E-state index >= 15 is 0 Å². The Morgan fingerprint density at radius 2 is 2.10 bits per heavy atom. The summed E-state index contributed by atoms with van der Waals surface area (Å²) in [4.78, 5) is 25.4. The van der Waals surface area contributed by atoms with E-state index in [0.29, 0.717) is 11.5 Å². The number of hydrogen-bond acceptors (Lipinski definition) is 3. The van der Waals surface area contributed by atoms with Crippen molar-refractivity contribution in [3.05, 3.63) is 0 Å². The van der Waals surface area contributed by atoms with Crippen molar-refractivity contribution >= 4 is 12.3 Å². The highest BCUT2D eigenvalue weighted by atomic mass is 16.7. The first-order chi connectivity index (χ1) is 4.63. The Labute approximate surface area is 59.7 Å². The number of rotatable bonds is 3. The summed E-state index contributed by atoms with van der Waals surface area (Å²) in [5.41, 5.74) is 0. The molecule has 0 aromatic heterocycles. The lowest BCUT2D eigenvalue weighted by Gasteiger charge is -2.13. The van der Waals surface area contributed by atoms with Crippen LogP contribution < -0.4 is 0 Å². The molecule has 0 saturated carbocycles. The lowest BCUT2D eigenvalue weighted by atomic mass is 10.2. The maximum Gasteiger partial charge on any atom is 0.255 e. The van der Waals surface area contributed by atoms with Crippen LogP contribution in [0.25, 0.3) is 0 Å². The van der Waals surface area contributed by atoms with E-state index in [2.05, 4.69) is 4.84 Å². The average molecular weight is 145 g/mol. The number of carbonyl (C=O) groups excluding carboxylic acids is 2. The molecule has 0 fully saturated rings. The molecule has 0 aliphatic carbocycles. The van der Waals surface area contributed by atoms with Gasteiger partial charge in [-0.15, -0.1) is 0 Å². The van der Waals surface area contributed by atoms with Gasteiger partial charge in [-0.05, 0) is 0 Å². The third-order valence-corrected chi connectivity index (χ3v) is 1.00. The third kappa shape index (κ3) is 2.14. The number of carbonyl (C=O) groups is 2. The fraction of sp³-hybridized carbons (Fsp3) is 0.667. The molecule has 4 nitrogen and oxygen atoms in total. The fourth-order valence-corrected chi connectivity index (χ4v) is 0.439. The minimum absolute atomic E-state index is 0.217. The molecule has 0 aromatic carbocycles. The van der Waals surface area contributed by atoms with Crippen molar-refractivity contribution in [3.63, 3.8) is 0 Å². The smallest absolute Gasteiger partial charge is 0.255 e. The molecule has 58 valence electrons. The zero-order chi connectivity index (χ0) is 8.15. The van der Waals surface area contributed by atoms with Gasteiger partial charge in [-0.2, -0.15) is 5.06 Å². The van der Waals surface area contributed by atoms with Gasteiger partial charge in [0.05, 0.1) is 7.11 Å². The predicted octanol–water partition coefficient (Wildman–Crippen LogP) is 0.189. The van der Waals surface area contributed by atoms with Crippen LogP contribution in [0.5, 0.6) is 0 Å². The van der Waals surface area contributed by atoms with Gasteiger partial charge in [-0.3, -0.25) is 14.4 Å². The average Bonchev–Trinajstić information content (AvgIpc) is 1.90. The minimum Gasteiger partial charge on any atom is -0.276 e. The lowest BCUT2D eigenvalue weighted by molar-refractivity contribution is -0.180. The highest BCUT2D eigenvalue weighted by Gasteiger charge is 2.15. The first-order valence-corrected chi connectivity index (χ1v) is 2.96. The first-order valence-electron chi connectivity index (χ1n) is 2.96. The molecule has 10 heavy (non-hydrogen) atoms. The molecule has 4 heteroatoms. The summed E-state index contributed by atoms with van der Waals surface area (Å²) in [5, 5.41) is 0.671. The van der Waals surface area contributed by atoms with Crippen molar-refractivity contribution in [3.8, 4) is 0 Å². The van der Waals surface area contributed by atoms with Crippen molar-refractivity contribution in [1.82, 2.24) is 5.06 Å². The lowest BCUT2D eigenvalue weighted by Crippen LogP contribution is -2.31. The molecular formula is C6H11NO3. The zero-order valence-corrected chi connectivity index (χ0v) is 6.33. The van der Waals surface area contributed by atoms with Gasteiger partial charge < -0.3 is 0 Å². The Kier molecular flexibility index (Phi) is 3.64. The number of amides is 2. The molecule has 0 heterocycles. The molecule has 2 amide bonds. The van der Waals surface area contributed by atoms with Crippen LogP contribution in [-0.4, -0.2) is 24.5 Å². The molecule has 0 rings (SSSR count). The van der Waals surface area contributed by atoms with Gasteiger partial charge in [0.1, 0.15) is 0 Å². The molecule has 0 N–H and O–H groups in total. The standard InChI is InChI=1S/C6H11NO3/c1-5(2)6(9)7(4-8)10-3/h4-5H,1-3H3. The SMILES string of the molecule is CON(C=O)C(=O)C(C)C. The summed E-state index contributed by atoms with van der Waals surface area (Å²) < 4.78 is 0. The summed E-state index contributed by atoms with van der Waals surface area (Å²) in [6.45, 7) is 3.38. The van der Waals surface area contributed by atoms with Gasteiger partial charge in [0.15, 0.2) is 0 Å². The van der Waals surface area contributed by atoms with Crippen LogP contribution in [0.4, 0.5) is 0 Å². The molecule has 0 aliphatic rings. The Bertz CT molecular complexity index is 133. The molecule has 0 unspecified atom stereocenters. The zero-order valence-electron chi connectivity index (χ0n) is 6.33. The van der Waals surface area contributed by atoms with Crippen molar-refractivity contribution in [1.29, 1.82) is 0 Å². The molecule has 0 aliphatic heterocycles. The Morgan fingerprint density at radius 3 is 2.20 bits per heavy atom. The normalized spacial score (nSPS) is 9.60. The fourth-order valence-electron chi connectivity index (χ4n) is 0.439. The van der Waals surface area contributed by atoms with Crippen LogP contribution >= 0.6 is 0 Å². The molecular weight excluding hydrogens is 134 g/mol. The van der Waals surface area contributed by atoms with Crippen molar-refractivity contribution in [2.24, 2.45) is 5.92 Å². The van der Waals surface area contributed by atoms with Crippen LogP contribution in [0.2, 0.25) is 0 Å². The van der Waals surface area contributed by atoms with E-state index < -0.39 is 0 Å². The summed E-state index contributed by atoms with van der Waals surface area (Å²) in [6, 6.07) is 0. The van der Waals surface area contributed by atoms with Gasteiger partial charge >= 0.3 is 0 Å². The van der Waals surface area contributed by atoms with Gasteiger partial charge in [-0.25, -0.2) is 0 Å². The molecule has 0 saturated heterocycles. The van der Waals surface area contributed by atoms with Gasteiger partial charge in [0, 0.05) is 5.92 Å². The minimum atomic E-state index is -0.336. The summed E-state index contributed by atoms with van der Waals surface area (Å²) in [6.07, 6.45) is 0.350. The van der Waals surface area contributed by atoms with Crippen LogP contribution in [0.3, 0.4) is 0 Å². The van der Waals surface area contributed by atoms with Crippen molar-refractivity contribution in [2.45, 2.75) is 13.8 Å². The molecule has 0 spiro atoms. The second-order valence-electron chi connectivity index (χ2n) is 2.11. The van der Waals surface area contributed by atoms with E-state index in [9.17, 15) is 9.59 Å². The van der Waals surface area contributed by atoms with Gasteiger partial charge in [-0.1, -0.05) is 13.8 Å². The quantitative estimate of drug-likeness (QED) is 0.420. The number of hydrogen-bond donors (Lipinski definition) is 0. The second-order valence-corrected chi connectivity index (χ2v) is 2.11. The highest BCUT2D eigenvalue weighted by molar-refractivity contribution is 5.85.